The van der Waals surface area contributed by atoms with Gasteiger partial charge in [-0.1, -0.05) is 12.1 Å². The molecule has 0 aliphatic carbocycles. The van der Waals surface area contributed by atoms with Crippen LogP contribution in [0.4, 0.5) is 14.5 Å². The fraction of sp³-hybridized carbons (Fsp3) is 0.0625. The minimum Gasteiger partial charge on any atom is -0.497 e. The molecular weight excluding hydrogens is 276 g/mol. The first kappa shape index (κ1) is 14.7. The van der Waals surface area contributed by atoms with Crippen molar-refractivity contribution in [2.45, 2.75) is 0 Å². The molecule has 0 fully saturated rings. The van der Waals surface area contributed by atoms with Gasteiger partial charge in [-0.05, 0) is 24.3 Å². The molecule has 108 valence electrons. The third-order valence-corrected chi connectivity index (χ3v) is 2.76. The van der Waals surface area contributed by atoms with E-state index in [2.05, 4.69) is 5.32 Å². The molecule has 0 spiro atoms. The number of carbonyl (C=O) groups is 1. The second-order valence-corrected chi connectivity index (χ2v) is 4.20. The largest absolute Gasteiger partial charge is 0.497 e. The van der Waals surface area contributed by atoms with Gasteiger partial charge in [-0.2, -0.15) is 0 Å². The molecule has 0 saturated heterocycles. The third-order valence-electron chi connectivity index (χ3n) is 2.76. The number of hydrogen-bond donors (Lipinski definition) is 1. The van der Waals surface area contributed by atoms with Crippen LogP contribution in [-0.4, -0.2) is 12.9 Å². The van der Waals surface area contributed by atoms with E-state index in [0.29, 0.717) is 17.0 Å². The Hall–Kier alpha value is -2.69. The number of nitrogens with one attached hydrogen (secondary N) is 1. The van der Waals surface area contributed by atoms with Crippen molar-refractivity contribution in [2.75, 3.05) is 12.4 Å². The van der Waals surface area contributed by atoms with Crippen LogP contribution in [0.5, 0.6) is 5.75 Å². The highest BCUT2D eigenvalue weighted by molar-refractivity contribution is 6.04. The van der Waals surface area contributed by atoms with Crippen LogP contribution in [0.1, 0.15) is 10.4 Å². The molecule has 0 heterocycles. The lowest BCUT2D eigenvalue weighted by atomic mass is 10.1. The minimum atomic E-state index is -0.951. The average Bonchev–Trinajstić information content (AvgIpc) is 2.50. The van der Waals surface area contributed by atoms with Crippen LogP contribution in [0.25, 0.3) is 0 Å². The maximum absolute atomic E-state index is 13.0. The zero-order valence-corrected chi connectivity index (χ0v) is 11.3. The maximum Gasteiger partial charge on any atom is 0.187 e. The van der Waals surface area contributed by atoms with E-state index in [1.54, 1.807) is 24.3 Å². The van der Waals surface area contributed by atoms with Crippen LogP contribution in [0.15, 0.2) is 54.7 Å². The summed E-state index contributed by atoms with van der Waals surface area (Å²) in [6.45, 7) is 0. The zero-order chi connectivity index (χ0) is 15.2. The normalized spacial score (nSPS) is 10.6. The van der Waals surface area contributed by atoms with Crippen LogP contribution in [0.3, 0.4) is 0 Å². The van der Waals surface area contributed by atoms with Gasteiger partial charge in [0, 0.05) is 29.6 Å². The predicted octanol–water partition coefficient (Wildman–Crippen LogP) is 3.78. The molecular formula is C16H13F2NO2. The molecule has 0 atom stereocenters. The van der Waals surface area contributed by atoms with Crippen molar-refractivity contribution in [3.05, 3.63) is 71.9 Å². The summed E-state index contributed by atoms with van der Waals surface area (Å²) in [5.41, 5.74) is 0.821. The van der Waals surface area contributed by atoms with Crippen molar-refractivity contribution in [1.29, 1.82) is 0 Å². The van der Waals surface area contributed by atoms with Gasteiger partial charge in [0.05, 0.1) is 7.11 Å². The van der Waals surface area contributed by atoms with E-state index < -0.39 is 11.6 Å². The first-order valence-corrected chi connectivity index (χ1v) is 6.16. The Morgan fingerprint density at radius 3 is 2.67 bits per heavy atom. The highest BCUT2D eigenvalue weighted by Gasteiger charge is 2.03. The van der Waals surface area contributed by atoms with Crippen LogP contribution in [-0.2, 0) is 0 Å². The summed E-state index contributed by atoms with van der Waals surface area (Å²) >= 11 is 0. The molecule has 1 N–H and O–H groups in total. The number of ether oxygens (including phenoxy) is 1. The number of benzene rings is 2. The van der Waals surface area contributed by atoms with Gasteiger partial charge in [0.1, 0.15) is 5.75 Å². The summed E-state index contributed by atoms with van der Waals surface area (Å²) in [5.74, 6) is -1.52. The average molecular weight is 289 g/mol. The van der Waals surface area contributed by atoms with Gasteiger partial charge >= 0.3 is 0 Å². The van der Waals surface area contributed by atoms with Crippen LogP contribution < -0.4 is 10.1 Å². The van der Waals surface area contributed by atoms with E-state index in [1.165, 1.54) is 25.5 Å². The smallest absolute Gasteiger partial charge is 0.187 e. The lowest BCUT2D eigenvalue weighted by molar-refractivity contribution is 0.104. The molecule has 5 heteroatoms. The molecule has 2 aromatic rings. The van der Waals surface area contributed by atoms with E-state index >= 15 is 0 Å². The first-order valence-electron chi connectivity index (χ1n) is 6.16. The van der Waals surface area contributed by atoms with Gasteiger partial charge in [0.25, 0.3) is 0 Å². The number of halogens is 2. The molecule has 21 heavy (non-hydrogen) atoms. The third kappa shape index (κ3) is 3.89. The Balaban J connectivity index is 2.03. The molecule has 0 saturated carbocycles. The van der Waals surface area contributed by atoms with Crippen molar-refractivity contribution < 1.29 is 18.3 Å². The van der Waals surface area contributed by atoms with Crippen molar-refractivity contribution >= 4 is 11.5 Å². The van der Waals surface area contributed by atoms with E-state index in [4.69, 9.17) is 4.74 Å². The highest BCUT2D eigenvalue weighted by Crippen LogP contribution is 2.14. The number of methoxy groups -OCH3 is 1. The number of carbonyl (C=O) groups excluding carboxylic acids is 1. The molecule has 0 aliphatic heterocycles. The maximum atomic E-state index is 13.0. The topological polar surface area (TPSA) is 38.3 Å². The summed E-state index contributed by atoms with van der Waals surface area (Å²) in [5, 5.41) is 2.70. The fourth-order valence-electron chi connectivity index (χ4n) is 1.67. The second-order valence-electron chi connectivity index (χ2n) is 4.20. The number of hydrogen-bond acceptors (Lipinski definition) is 3. The van der Waals surface area contributed by atoms with Gasteiger partial charge in [0.15, 0.2) is 17.4 Å². The molecule has 2 rings (SSSR count). The van der Waals surface area contributed by atoms with E-state index in [0.717, 1.165) is 12.1 Å². The molecule has 3 nitrogen and oxygen atoms in total. The van der Waals surface area contributed by atoms with Crippen LogP contribution in [0, 0.1) is 11.6 Å². The van der Waals surface area contributed by atoms with Gasteiger partial charge in [-0.15, -0.1) is 0 Å². The van der Waals surface area contributed by atoms with Crippen LogP contribution >= 0.6 is 0 Å². The van der Waals surface area contributed by atoms with Gasteiger partial charge in [0.2, 0.25) is 0 Å². The SMILES string of the molecule is COc1cccc(C(=O)C=CNc2ccc(F)c(F)c2)c1. The monoisotopic (exact) mass is 289 g/mol. The van der Waals surface area contributed by atoms with Gasteiger partial charge < -0.3 is 10.1 Å². The predicted molar refractivity (Wildman–Crippen MR) is 76.4 cm³/mol. The number of allylic oxidation sites excluding steroid dienone is 1. The highest BCUT2D eigenvalue weighted by atomic mass is 19.2. The summed E-state index contributed by atoms with van der Waals surface area (Å²) in [6.07, 6.45) is 2.67. The van der Waals surface area contributed by atoms with E-state index in [1.807, 2.05) is 0 Å². The number of anilines is 1. The van der Waals surface area contributed by atoms with Crippen molar-refractivity contribution in [3.8, 4) is 5.75 Å². The van der Waals surface area contributed by atoms with Gasteiger partial charge in [-0.25, -0.2) is 8.78 Å². The van der Waals surface area contributed by atoms with Crippen molar-refractivity contribution in [3.63, 3.8) is 0 Å². The minimum absolute atomic E-state index is 0.232. The fourth-order valence-corrected chi connectivity index (χ4v) is 1.67. The number of ketones is 1. The quantitative estimate of drug-likeness (QED) is 0.672. The summed E-state index contributed by atoms with van der Waals surface area (Å²) in [4.78, 5) is 11.9. The Kier molecular flexibility index (Phi) is 4.66. The van der Waals surface area contributed by atoms with Gasteiger partial charge in [-0.3, -0.25) is 4.79 Å². The Morgan fingerprint density at radius 1 is 1.14 bits per heavy atom. The lowest BCUT2D eigenvalue weighted by Gasteiger charge is -2.02. The number of rotatable bonds is 5. The summed E-state index contributed by atoms with van der Waals surface area (Å²) in [6, 6.07) is 10.1. The molecule has 2 aromatic carbocycles. The summed E-state index contributed by atoms with van der Waals surface area (Å²) in [7, 11) is 1.52. The van der Waals surface area contributed by atoms with Crippen molar-refractivity contribution in [1.82, 2.24) is 0 Å². The van der Waals surface area contributed by atoms with Crippen LogP contribution in [0.2, 0.25) is 0 Å². The molecule has 0 amide bonds. The standard InChI is InChI=1S/C16H13F2NO2/c1-21-13-4-2-3-11(9-13)16(20)7-8-19-12-5-6-14(17)15(18)10-12/h2-10,19H,1H3. The van der Waals surface area contributed by atoms with E-state index in [-0.39, 0.29) is 5.78 Å². The Bertz CT molecular complexity index is 684. The Labute approximate surface area is 120 Å². The Morgan fingerprint density at radius 2 is 1.95 bits per heavy atom. The molecule has 0 radical (unpaired) electrons. The molecule has 0 bridgehead atoms. The lowest BCUT2D eigenvalue weighted by Crippen LogP contribution is -1.97. The second kappa shape index (κ2) is 6.65. The summed E-state index contributed by atoms with van der Waals surface area (Å²) < 4.78 is 30.8. The molecule has 0 aromatic heterocycles. The molecule has 0 aliphatic rings. The van der Waals surface area contributed by atoms with Crippen molar-refractivity contribution in [2.24, 2.45) is 0 Å². The first-order chi connectivity index (χ1) is 10.1. The zero-order valence-electron chi connectivity index (χ0n) is 11.3. The van der Waals surface area contributed by atoms with E-state index in [9.17, 15) is 13.6 Å². The molecule has 0 unspecified atom stereocenters.